The number of ether oxygens (including phenoxy) is 2. The predicted molar refractivity (Wildman–Crippen MR) is 392 cm³/mol. The highest BCUT2D eigenvalue weighted by atomic mass is 32.2. The third-order valence-corrected chi connectivity index (χ3v) is 24.7. The molecule has 6 heterocycles. The molecule has 0 aromatic heterocycles. The Morgan fingerprint density at radius 3 is 1.07 bits per heavy atom. The molecule has 6 saturated heterocycles. The number of nitrogens with two attached hydrogens (primary N) is 1. The SMILES string of the molecule is C[C@@H](C(=O)N[C@H]1CCS[C@H]2CC[C@@H](C(=O)N[C@@H]3CCCc4ccccc43)N2C1=O)N(C)C(=O)OC(C)(C)C.C[C@@H](C(=O)N[C@H]1CCS[C@H]2CC[C@H](C(=O)N[C@@H]3CCCc4ccccc43)N2C1=O)N(C)C(=O)OC(C)(C)C.N[C@H]1CCS[C@H]2CCC(C(=O)N[C@@H]3CCCc4ccccc43)N2C1=O. The van der Waals surface area contributed by atoms with Crippen molar-refractivity contribution < 1.29 is 57.4 Å². The first-order valence-corrected chi connectivity index (χ1v) is 39.5. The third-order valence-electron chi connectivity index (χ3n) is 20.7. The summed E-state index contributed by atoms with van der Waals surface area (Å²) < 4.78 is 10.7. The van der Waals surface area contributed by atoms with Gasteiger partial charge in [0, 0.05) is 14.1 Å². The number of hydrogen-bond donors (Lipinski definition) is 6. The van der Waals surface area contributed by atoms with E-state index in [-0.39, 0.29) is 75.7 Å². The fourth-order valence-corrected chi connectivity index (χ4v) is 19.2. The van der Waals surface area contributed by atoms with Gasteiger partial charge in [0.05, 0.1) is 40.3 Å². The smallest absolute Gasteiger partial charge is 0.410 e. The molecular weight excluding hydrogens is 1340 g/mol. The minimum atomic E-state index is -0.826. The van der Waals surface area contributed by atoms with E-state index in [1.54, 1.807) is 105 Å². The number of aryl methyl sites for hydroxylation is 3. The molecule has 7 N–H and O–H groups in total. The molecule has 6 aliphatic heterocycles. The number of amides is 10. The lowest BCUT2D eigenvalue weighted by molar-refractivity contribution is -0.142. The van der Waals surface area contributed by atoms with E-state index in [2.05, 4.69) is 69.0 Å². The molecular formula is C75H105N11O12S3. The number of fused-ring (bicyclic) bond motifs is 6. The summed E-state index contributed by atoms with van der Waals surface area (Å²) in [6, 6.07) is 19.6. The van der Waals surface area contributed by atoms with Crippen LogP contribution >= 0.6 is 35.3 Å². The van der Waals surface area contributed by atoms with Gasteiger partial charge in [-0.25, -0.2) is 9.59 Å². The average molecular weight is 1450 g/mol. The van der Waals surface area contributed by atoms with Gasteiger partial charge in [0.1, 0.15) is 53.5 Å². The molecule has 1 unspecified atom stereocenters. The Kier molecular flexibility index (Phi) is 25.5. The van der Waals surface area contributed by atoms with Crippen LogP contribution in [0.5, 0.6) is 0 Å². The standard InChI is InChI=1S/2C28H40N4O5S.C19H25N3O2S/c2*1-17(31(5)27(36)37-28(2,3)4)24(33)30-21-15-16-38-23-14-13-22(32(23)26(21)35)25(34)29-20-12-8-10-18-9-6-7-11-19(18)20;20-14-10-11-25-17-9-8-16(22(17)19(14)24)18(23)21-15-7-3-5-12-4-1-2-6-13(12)15/h2*6-7,9,11,17,20-23H,8,10,12-16H2,1-5H3,(H,29,34)(H,30,33);1-2,4,6,14-17H,3,5,7-11,20H2,(H,21,23)/t17-,20+,21-,22+,23-;17-,20+,21-,22-,23-;14-,15+,16?,17-/m000/s1. The van der Waals surface area contributed by atoms with Crippen molar-refractivity contribution in [2.24, 2.45) is 5.73 Å². The number of rotatable bonds is 12. The largest absolute Gasteiger partial charge is 0.444 e. The quantitative estimate of drug-likeness (QED) is 0.0988. The van der Waals surface area contributed by atoms with Crippen LogP contribution in [0.2, 0.25) is 0 Å². The van der Waals surface area contributed by atoms with Gasteiger partial charge < -0.3 is 56.5 Å². The minimum Gasteiger partial charge on any atom is -0.444 e. The first-order chi connectivity index (χ1) is 48.1. The van der Waals surface area contributed by atoms with Crippen LogP contribution in [-0.2, 0) is 67.1 Å². The molecule has 3 aromatic rings. The first-order valence-electron chi connectivity index (χ1n) is 36.3. The molecule has 101 heavy (non-hydrogen) atoms. The van der Waals surface area contributed by atoms with Crippen LogP contribution in [0.4, 0.5) is 9.59 Å². The van der Waals surface area contributed by atoms with Gasteiger partial charge in [0.15, 0.2) is 0 Å². The molecule has 10 amide bonds. The first kappa shape index (κ1) is 76.6. The van der Waals surface area contributed by atoms with Crippen molar-refractivity contribution in [1.29, 1.82) is 0 Å². The fraction of sp³-hybridized carbons (Fsp3) is 0.627. The maximum absolute atomic E-state index is 13.7. The summed E-state index contributed by atoms with van der Waals surface area (Å²) in [6.07, 6.45) is 13.6. The molecule has 23 nitrogen and oxygen atoms in total. The highest BCUT2D eigenvalue weighted by Gasteiger charge is 2.49. The summed E-state index contributed by atoms with van der Waals surface area (Å²) in [6.45, 7) is 13.8. The number of carbonyl (C=O) groups excluding carboxylic acids is 10. The monoisotopic (exact) mass is 1450 g/mol. The lowest BCUT2D eigenvalue weighted by Gasteiger charge is -2.33. The van der Waals surface area contributed by atoms with E-state index in [9.17, 15) is 47.9 Å². The van der Waals surface area contributed by atoms with Crippen LogP contribution in [0, 0.1) is 0 Å². The Balaban J connectivity index is 0.000000167. The van der Waals surface area contributed by atoms with Crippen LogP contribution in [0.3, 0.4) is 0 Å². The zero-order chi connectivity index (χ0) is 72.6. The molecule has 0 spiro atoms. The fourth-order valence-electron chi connectivity index (χ4n) is 15.1. The highest BCUT2D eigenvalue weighted by Crippen LogP contribution is 2.41. The molecule has 26 heteroatoms. The summed E-state index contributed by atoms with van der Waals surface area (Å²) in [5.74, 6) is 0.600. The maximum Gasteiger partial charge on any atom is 0.410 e. The van der Waals surface area contributed by atoms with Gasteiger partial charge in [-0.3, -0.25) is 48.2 Å². The third kappa shape index (κ3) is 18.7. The van der Waals surface area contributed by atoms with Gasteiger partial charge in [-0.1, -0.05) is 72.8 Å². The van der Waals surface area contributed by atoms with Crippen LogP contribution in [0.15, 0.2) is 72.8 Å². The van der Waals surface area contributed by atoms with Crippen molar-refractivity contribution in [2.75, 3.05) is 31.4 Å². The van der Waals surface area contributed by atoms with Gasteiger partial charge in [0.25, 0.3) is 0 Å². The molecule has 9 aliphatic rings. The zero-order valence-corrected chi connectivity index (χ0v) is 62.7. The van der Waals surface area contributed by atoms with Crippen molar-refractivity contribution in [3.8, 4) is 0 Å². The zero-order valence-electron chi connectivity index (χ0n) is 60.3. The minimum absolute atomic E-state index is 0.0211. The molecule has 3 aromatic carbocycles. The van der Waals surface area contributed by atoms with Gasteiger partial charge in [-0.05, 0) is 222 Å². The van der Waals surface area contributed by atoms with Gasteiger partial charge in [-0.15, -0.1) is 35.3 Å². The molecule has 14 atom stereocenters. The number of nitrogens with one attached hydrogen (secondary N) is 5. The summed E-state index contributed by atoms with van der Waals surface area (Å²) in [7, 11) is 3.01. The van der Waals surface area contributed by atoms with Crippen molar-refractivity contribution in [3.05, 3.63) is 106 Å². The summed E-state index contributed by atoms with van der Waals surface area (Å²) >= 11 is 5.08. The molecule has 0 bridgehead atoms. The highest BCUT2D eigenvalue weighted by molar-refractivity contribution is 8.00. The summed E-state index contributed by atoms with van der Waals surface area (Å²) in [4.78, 5) is 139. The number of carbonyl (C=O) groups is 10. The Morgan fingerprint density at radius 2 is 0.743 bits per heavy atom. The van der Waals surface area contributed by atoms with Crippen LogP contribution in [0.1, 0.15) is 203 Å². The van der Waals surface area contributed by atoms with Gasteiger partial charge >= 0.3 is 12.2 Å². The van der Waals surface area contributed by atoms with Crippen LogP contribution in [0.25, 0.3) is 0 Å². The Morgan fingerprint density at radius 1 is 0.436 bits per heavy atom. The number of benzene rings is 3. The van der Waals surface area contributed by atoms with Crippen molar-refractivity contribution in [3.63, 3.8) is 0 Å². The van der Waals surface area contributed by atoms with E-state index in [0.717, 1.165) is 100 Å². The second-order valence-electron chi connectivity index (χ2n) is 30.1. The Hall–Kier alpha value is -7.03. The van der Waals surface area contributed by atoms with Crippen LogP contribution < -0.4 is 32.3 Å². The average Bonchev–Trinajstić information content (AvgIpc) is 1.70. The second-order valence-corrected chi connectivity index (χ2v) is 33.9. The van der Waals surface area contributed by atoms with E-state index < -0.39 is 77.5 Å². The van der Waals surface area contributed by atoms with E-state index >= 15 is 0 Å². The van der Waals surface area contributed by atoms with Crippen molar-refractivity contribution in [2.45, 2.75) is 265 Å². The number of hydrogen-bond acceptors (Lipinski definition) is 16. The summed E-state index contributed by atoms with van der Waals surface area (Å²) in [5.41, 5.74) is 12.0. The lowest BCUT2D eigenvalue weighted by Crippen LogP contribution is -2.57. The van der Waals surface area contributed by atoms with E-state index in [0.29, 0.717) is 43.6 Å². The van der Waals surface area contributed by atoms with Crippen LogP contribution in [-0.4, -0.2) is 191 Å². The van der Waals surface area contributed by atoms with E-state index in [4.69, 9.17) is 15.2 Å². The molecule has 6 fully saturated rings. The molecule has 0 saturated carbocycles. The molecule has 3 aliphatic carbocycles. The second kappa shape index (κ2) is 33.6. The van der Waals surface area contributed by atoms with Gasteiger partial charge in [0.2, 0.25) is 47.3 Å². The predicted octanol–water partition coefficient (Wildman–Crippen LogP) is 8.71. The Bertz CT molecular complexity index is 3370. The van der Waals surface area contributed by atoms with Crippen molar-refractivity contribution in [1.82, 2.24) is 51.1 Å². The molecule has 0 radical (unpaired) electrons. The van der Waals surface area contributed by atoms with Crippen molar-refractivity contribution >= 4 is 94.7 Å². The number of likely N-dealkylation sites (N-methyl/N-ethyl adjacent to an activating group) is 2. The van der Waals surface area contributed by atoms with E-state index in [1.807, 2.05) is 30.3 Å². The van der Waals surface area contributed by atoms with Gasteiger partial charge in [-0.2, -0.15) is 0 Å². The normalized spacial score (nSPS) is 27.4. The lowest BCUT2D eigenvalue weighted by atomic mass is 9.87. The maximum atomic E-state index is 13.7. The number of thioether (sulfide) groups is 3. The summed E-state index contributed by atoms with van der Waals surface area (Å²) in [5, 5.41) is 15.3. The number of nitrogens with zero attached hydrogens (tertiary/aromatic N) is 5. The van der Waals surface area contributed by atoms with E-state index in [1.165, 1.54) is 46.1 Å². The molecule has 12 rings (SSSR count). The topological polar surface area (TPSA) is 292 Å². The Labute approximate surface area is 607 Å². The molecule has 550 valence electrons.